The maximum atomic E-state index is 10.9. The van der Waals surface area contributed by atoms with Gasteiger partial charge in [0.05, 0.1) is 17.7 Å². The highest BCUT2D eigenvalue weighted by Crippen LogP contribution is 2.24. The second kappa shape index (κ2) is 7.11. The quantitative estimate of drug-likeness (QED) is 0.859. The monoisotopic (exact) mass is 305 g/mol. The number of rotatable bonds is 6. The van der Waals surface area contributed by atoms with Gasteiger partial charge < -0.3 is 15.2 Å². The molecule has 0 bridgehead atoms. The Labute approximate surface area is 128 Å². The van der Waals surface area contributed by atoms with Gasteiger partial charge in [0.1, 0.15) is 5.75 Å². The van der Waals surface area contributed by atoms with Crippen molar-refractivity contribution in [1.82, 2.24) is 5.32 Å². The maximum absolute atomic E-state index is 10.9. The van der Waals surface area contributed by atoms with E-state index in [-0.39, 0.29) is 0 Å². The third kappa shape index (κ3) is 4.21. The summed E-state index contributed by atoms with van der Waals surface area (Å²) in [5, 5.41) is 12.8. The van der Waals surface area contributed by atoms with Gasteiger partial charge in [-0.15, -0.1) is 0 Å². The Morgan fingerprint density at radius 3 is 2.52 bits per heavy atom. The van der Waals surface area contributed by atoms with Gasteiger partial charge >= 0.3 is 5.97 Å². The highest BCUT2D eigenvalue weighted by atomic mass is 35.5. The molecular formula is C16H16ClNO3. The fraction of sp³-hybridized carbons (Fsp3) is 0.188. The molecule has 0 aliphatic rings. The number of hydrogen-bond acceptors (Lipinski definition) is 3. The van der Waals surface area contributed by atoms with Crippen molar-refractivity contribution in [3.05, 3.63) is 64.2 Å². The predicted molar refractivity (Wildman–Crippen MR) is 81.9 cm³/mol. The lowest BCUT2D eigenvalue weighted by Crippen LogP contribution is -2.13. The molecule has 0 spiro atoms. The Kier molecular flexibility index (Phi) is 5.20. The number of halogens is 1. The van der Waals surface area contributed by atoms with E-state index in [4.69, 9.17) is 21.4 Å². The number of carboxylic acids is 1. The van der Waals surface area contributed by atoms with Gasteiger partial charge in [0, 0.05) is 13.1 Å². The highest BCUT2D eigenvalue weighted by Gasteiger charge is 2.04. The molecule has 0 amide bonds. The molecule has 0 aromatic heterocycles. The standard InChI is InChI=1S/C16H16ClNO3/c1-21-15-6-5-12(8-14(15)17)10-18-9-11-3-2-4-13(7-11)16(19)20/h2-8,18H,9-10H2,1H3,(H,19,20). The van der Waals surface area contributed by atoms with Crippen LogP contribution in [0.25, 0.3) is 0 Å². The molecule has 0 aliphatic carbocycles. The van der Waals surface area contributed by atoms with E-state index in [1.807, 2.05) is 24.3 Å². The molecule has 2 N–H and O–H groups in total. The van der Waals surface area contributed by atoms with E-state index in [0.29, 0.717) is 29.4 Å². The Bertz CT molecular complexity index is 643. The second-order valence-corrected chi connectivity index (χ2v) is 4.99. The van der Waals surface area contributed by atoms with Crippen LogP contribution in [0, 0.1) is 0 Å². The molecule has 4 nitrogen and oxygen atoms in total. The third-order valence-corrected chi connectivity index (χ3v) is 3.34. The third-order valence-electron chi connectivity index (χ3n) is 3.05. The molecule has 0 radical (unpaired) electrons. The number of hydrogen-bond donors (Lipinski definition) is 2. The molecule has 110 valence electrons. The number of aromatic carboxylic acids is 1. The molecule has 0 fully saturated rings. The minimum absolute atomic E-state index is 0.293. The smallest absolute Gasteiger partial charge is 0.335 e. The van der Waals surface area contributed by atoms with Gasteiger partial charge in [-0.3, -0.25) is 0 Å². The first-order valence-corrected chi connectivity index (χ1v) is 6.83. The fourth-order valence-electron chi connectivity index (χ4n) is 1.99. The van der Waals surface area contributed by atoms with Gasteiger partial charge in [-0.1, -0.05) is 29.8 Å². The molecule has 21 heavy (non-hydrogen) atoms. The molecule has 0 saturated carbocycles. The first-order chi connectivity index (χ1) is 10.1. The zero-order valence-corrected chi connectivity index (χ0v) is 12.4. The lowest BCUT2D eigenvalue weighted by Gasteiger charge is -2.08. The van der Waals surface area contributed by atoms with E-state index in [2.05, 4.69) is 5.32 Å². The van der Waals surface area contributed by atoms with Crippen LogP contribution in [0.15, 0.2) is 42.5 Å². The van der Waals surface area contributed by atoms with Gasteiger partial charge in [0.25, 0.3) is 0 Å². The van der Waals surface area contributed by atoms with Crippen molar-refractivity contribution in [2.75, 3.05) is 7.11 Å². The summed E-state index contributed by atoms with van der Waals surface area (Å²) in [6.07, 6.45) is 0. The average molecular weight is 306 g/mol. The van der Waals surface area contributed by atoms with Crippen molar-refractivity contribution in [3.63, 3.8) is 0 Å². The van der Waals surface area contributed by atoms with E-state index < -0.39 is 5.97 Å². The number of methoxy groups -OCH3 is 1. The first-order valence-electron chi connectivity index (χ1n) is 6.45. The zero-order chi connectivity index (χ0) is 15.2. The van der Waals surface area contributed by atoms with Crippen molar-refractivity contribution in [2.45, 2.75) is 13.1 Å². The van der Waals surface area contributed by atoms with Crippen LogP contribution in [0.3, 0.4) is 0 Å². The van der Waals surface area contributed by atoms with E-state index in [0.717, 1.165) is 11.1 Å². The average Bonchev–Trinajstić information content (AvgIpc) is 2.48. The van der Waals surface area contributed by atoms with Crippen LogP contribution in [-0.2, 0) is 13.1 Å². The van der Waals surface area contributed by atoms with Gasteiger partial charge in [-0.25, -0.2) is 4.79 Å². The van der Waals surface area contributed by atoms with Crippen LogP contribution >= 0.6 is 11.6 Å². The van der Waals surface area contributed by atoms with Crippen molar-refractivity contribution in [2.24, 2.45) is 0 Å². The van der Waals surface area contributed by atoms with Gasteiger partial charge in [0.15, 0.2) is 0 Å². The Morgan fingerprint density at radius 2 is 1.90 bits per heavy atom. The molecule has 0 heterocycles. The number of ether oxygens (including phenoxy) is 1. The highest BCUT2D eigenvalue weighted by molar-refractivity contribution is 6.32. The molecule has 0 atom stereocenters. The molecule has 2 rings (SSSR count). The number of benzene rings is 2. The summed E-state index contributed by atoms with van der Waals surface area (Å²) in [7, 11) is 1.58. The molecule has 0 aliphatic heterocycles. The Morgan fingerprint density at radius 1 is 1.19 bits per heavy atom. The summed E-state index contributed by atoms with van der Waals surface area (Å²) in [6, 6.07) is 12.5. The normalized spacial score (nSPS) is 10.4. The SMILES string of the molecule is COc1ccc(CNCc2cccc(C(=O)O)c2)cc1Cl. The van der Waals surface area contributed by atoms with Gasteiger partial charge in [-0.05, 0) is 35.4 Å². The fourth-order valence-corrected chi connectivity index (χ4v) is 2.27. The molecule has 0 unspecified atom stereocenters. The van der Waals surface area contributed by atoms with Crippen LogP contribution in [0.5, 0.6) is 5.75 Å². The minimum Gasteiger partial charge on any atom is -0.495 e. The molecule has 2 aromatic carbocycles. The summed E-state index contributed by atoms with van der Waals surface area (Å²) >= 11 is 6.06. The Hall–Kier alpha value is -2.04. The lowest BCUT2D eigenvalue weighted by atomic mass is 10.1. The van der Waals surface area contributed by atoms with Crippen molar-refractivity contribution in [3.8, 4) is 5.75 Å². The summed E-state index contributed by atoms with van der Waals surface area (Å²) in [5.41, 5.74) is 2.26. The van der Waals surface area contributed by atoms with Crippen LogP contribution < -0.4 is 10.1 Å². The van der Waals surface area contributed by atoms with Crippen LogP contribution in [-0.4, -0.2) is 18.2 Å². The van der Waals surface area contributed by atoms with Crippen LogP contribution in [0.1, 0.15) is 21.5 Å². The van der Waals surface area contributed by atoms with Gasteiger partial charge in [0.2, 0.25) is 0 Å². The van der Waals surface area contributed by atoms with E-state index in [1.165, 1.54) is 0 Å². The predicted octanol–water partition coefficient (Wildman–Crippen LogP) is 3.34. The second-order valence-electron chi connectivity index (χ2n) is 4.58. The number of carbonyl (C=O) groups is 1. The van der Waals surface area contributed by atoms with E-state index in [9.17, 15) is 4.79 Å². The number of nitrogens with one attached hydrogen (secondary N) is 1. The van der Waals surface area contributed by atoms with Crippen molar-refractivity contribution >= 4 is 17.6 Å². The van der Waals surface area contributed by atoms with Crippen LogP contribution in [0.4, 0.5) is 0 Å². The lowest BCUT2D eigenvalue weighted by molar-refractivity contribution is 0.0696. The van der Waals surface area contributed by atoms with Crippen molar-refractivity contribution < 1.29 is 14.6 Å². The topological polar surface area (TPSA) is 58.6 Å². The first kappa shape index (κ1) is 15.4. The molecule has 0 saturated heterocycles. The summed E-state index contributed by atoms with van der Waals surface area (Å²) in [6.45, 7) is 1.23. The summed E-state index contributed by atoms with van der Waals surface area (Å²) in [4.78, 5) is 10.9. The van der Waals surface area contributed by atoms with E-state index in [1.54, 1.807) is 25.3 Å². The summed E-state index contributed by atoms with van der Waals surface area (Å²) in [5.74, 6) is -0.270. The molecule has 2 aromatic rings. The summed E-state index contributed by atoms with van der Waals surface area (Å²) < 4.78 is 5.10. The Balaban J connectivity index is 1.93. The largest absolute Gasteiger partial charge is 0.495 e. The molecule has 5 heteroatoms. The molecular weight excluding hydrogens is 290 g/mol. The number of carboxylic acid groups (broad SMARTS) is 1. The maximum Gasteiger partial charge on any atom is 0.335 e. The van der Waals surface area contributed by atoms with E-state index >= 15 is 0 Å². The zero-order valence-electron chi connectivity index (χ0n) is 11.6. The van der Waals surface area contributed by atoms with Crippen LogP contribution in [0.2, 0.25) is 5.02 Å². The van der Waals surface area contributed by atoms with Gasteiger partial charge in [-0.2, -0.15) is 0 Å². The minimum atomic E-state index is -0.918. The van der Waals surface area contributed by atoms with Crippen molar-refractivity contribution in [1.29, 1.82) is 0 Å².